The standard InChI is InChI=1S/C19H20ClN3O3/c1-22(11-15-9-16(20)5-7-18(15)25-2)12-23-17-6-4-13(19(24)26-3)8-14(17)10-21-23/h4-10H,11-12H2,1-3H3. The SMILES string of the molecule is COC(=O)c1ccc2c(cnn2CN(C)Cc2cc(Cl)ccc2OC)c1. The lowest BCUT2D eigenvalue weighted by atomic mass is 10.1. The topological polar surface area (TPSA) is 56.6 Å². The summed E-state index contributed by atoms with van der Waals surface area (Å²) in [5.74, 6) is 0.444. The molecule has 0 saturated carbocycles. The van der Waals surface area contributed by atoms with Gasteiger partial charge in [0.25, 0.3) is 0 Å². The van der Waals surface area contributed by atoms with E-state index < -0.39 is 0 Å². The molecule has 0 amide bonds. The second-order valence-corrected chi connectivity index (χ2v) is 6.46. The summed E-state index contributed by atoms with van der Waals surface area (Å²) in [4.78, 5) is 13.8. The van der Waals surface area contributed by atoms with Crippen LogP contribution in [0.15, 0.2) is 42.6 Å². The molecule has 2 aromatic carbocycles. The Morgan fingerprint density at radius 3 is 2.77 bits per heavy atom. The van der Waals surface area contributed by atoms with Gasteiger partial charge < -0.3 is 9.47 Å². The average molecular weight is 374 g/mol. The van der Waals surface area contributed by atoms with Crippen LogP contribution in [-0.2, 0) is 18.0 Å². The van der Waals surface area contributed by atoms with Gasteiger partial charge in [0.05, 0.1) is 38.2 Å². The number of ether oxygens (including phenoxy) is 2. The maximum Gasteiger partial charge on any atom is 0.337 e. The van der Waals surface area contributed by atoms with E-state index in [1.807, 2.05) is 36.0 Å². The van der Waals surface area contributed by atoms with Crippen molar-refractivity contribution in [3.63, 3.8) is 0 Å². The highest BCUT2D eigenvalue weighted by Gasteiger charge is 2.12. The molecule has 6 nitrogen and oxygen atoms in total. The number of nitrogens with zero attached hydrogens (tertiary/aromatic N) is 3. The fraction of sp³-hybridized carbons (Fsp3) is 0.263. The first-order valence-electron chi connectivity index (χ1n) is 8.06. The summed E-state index contributed by atoms with van der Waals surface area (Å²) in [7, 11) is 5.01. The number of benzene rings is 2. The Kier molecular flexibility index (Phi) is 5.44. The molecule has 0 unspecified atom stereocenters. The van der Waals surface area contributed by atoms with Crippen LogP contribution >= 0.6 is 11.6 Å². The van der Waals surface area contributed by atoms with E-state index in [9.17, 15) is 4.79 Å². The minimum Gasteiger partial charge on any atom is -0.496 e. The van der Waals surface area contributed by atoms with E-state index in [1.54, 1.807) is 25.4 Å². The van der Waals surface area contributed by atoms with Crippen LogP contribution < -0.4 is 4.74 Å². The van der Waals surface area contributed by atoms with Crippen molar-refractivity contribution in [2.24, 2.45) is 0 Å². The Morgan fingerprint density at radius 1 is 1.23 bits per heavy atom. The highest BCUT2D eigenvalue weighted by Crippen LogP contribution is 2.24. The van der Waals surface area contributed by atoms with Crippen molar-refractivity contribution in [3.05, 3.63) is 58.7 Å². The summed E-state index contributed by atoms with van der Waals surface area (Å²) in [5, 5.41) is 5.99. The number of esters is 1. The Hall–Kier alpha value is -2.57. The van der Waals surface area contributed by atoms with Crippen LogP contribution in [0.5, 0.6) is 5.75 Å². The average Bonchev–Trinajstić information content (AvgIpc) is 3.03. The van der Waals surface area contributed by atoms with Gasteiger partial charge in [-0.25, -0.2) is 4.79 Å². The molecule has 0 spiro atoms. The molecule has 0 radical (unpaired) electrons. The molecule has 0 bridgehead atoms. The highest BCUT2D eigenvalue weighted by molar-refractivity contribution is 6.30. The molecule has 3 aromatic rings. The van der Waals surface area contributed by atoms with Crippen LogP contribution in [0, 0.1) is 0 Å². The van der Waals surface area contributed by atoms with Gasteiger partial charge in [-0.2, -0.15) is 5.10 Å². The lowest BCUT2D eigenvalue weighted by Crippen LogP contribution is -2.22. The Morgan fingerprint density at radius 2 is 2.04 bits per heavy atom. The molecule has 7 heteroatoms. The normalized spacial score (nSPS) is 11.1. The zero-order valence-electron chi connectivity index (χ0n) is 14.9. The maximum atomic E-state index is 11.7. The van der Waals surface area contributed by atoms with Crippen LogP contribution in [0.3, 0.4) is 0 Å². The third-order valence-corrected chi connectivity index (χ3v) is 4.36. The monoisotopic (exact) mass is 373 g/mol. The zero-order chi connectivity index (χ0) is 18.7. The van der Waals surface area contributed by atoms with E-state index in [4.69, 9.17) is 21.1 Å². The van der Waals surface area contributed by atoms with E-state index in [0.29, 0.717) is 23.8 Å². The largest absolute Gasteiger partial charge is 0.496 e. The van der Waals surface area contributed by atoms with Gasteiger partial charge in [0.15, 0.2) is 0 Å². The minimum atomic E-state index is -0.357. The van der Waals surface area contributed by atoms with E-state index >= 15 is 0 Å². The highest BCUT2D eigenvalue weighted by atomic mass is 35.5. The number of hydrogen-bond donors (Lipinski definition) is 0. The number of methoxy groups -OCH3 is 2. The smallest absolute Gasteiger partial charge is 0.337 e. The molecule has 0 aliphatic rings. The van der Waals surface area contributed by atoms with Gasteiger partial charge in [0, 0.05) is 22.5 Å². The third kappa shape index (κ3) is 3.81. The van der Waals surface area contributed by atoms with Crippen molar-refractivity contribution in [1.29, 1.82) is 0 Å². The van der Waals surface area contributed by atoms with Crippen molar-refractivity contribution < 1.29 is 14.3 Å². The number of halogens is 1. The fourth-order valence-electron chi connectivity index (χ4n) is 2.88. The number of carbonyl (C=O) groups is 1. The lowest BCUT2D eigenvalue weighted by Gasteiger charge is -2.19. The molecule has 0 aliphatic heterocycles. The van der Waals surface area contributed by atoms with E-state index in [1.165, 1.54) is 7.11 Å². The maximum absolute atomic E-state index is 11.7. The first-order valence-corrected chi connectivity index (χ1v) is 8.44. The lowest BCUT2D eigenvalue weighted by molar-refractivity contribution is 0.0601. The molecule has 0 saturated heterocycles. The van der Waals surface area contributed by atoms with Gasteiger partial charge in [-0.05, 0) is 43.4 Å². The van der Waals surface area contributed by atoms with Gasteiger partial charge in [0.1, 0.15) is 5.75 Å². The summed E-state index contributed by atoms with van der Waals surface area (Å²) in [5.41, 5.74) is 2.46. The second kappa shape index (κ2) is 7.76. The predicted octanol–water partition coefficient (Wildman–Crippen LogP) is 3.57. The van der Waals surface area contributed by atoms with Crippen LogP contribution in [-0.4, -0.2) is 41.9 Å². The molecule has 0 aliphatic carbocycles. The van der Waals surface area contributed by atoms with E-state index in [-0.39, 0.29) is 5.97 Å². The summed E-state index contributed by atoms with van der Waals surface area (Å²) >= 11 is 6.10. The number of fused-ring (bicyclic) bond motifs is 1. The van der Waals surface area contributed by atoms with Crippen LogP contribution in [0.25, 0.3) is 10.9 Å². The molecule has 0 N–H and O–H groups in total. The summed E-state index contributed by atoms with van der Waals surface area (Å²) in [6, 6.07) is 11.0. The van der Waals surface area contributed by atoms with Gasteiger partial charge in [-0.3, -0.25) is 9.58 Å². The Bertz CT molecular complexity index is 939. The quantitative estimate of drug-likeness (QED) is 0.618. The molecule has 0 atom stereocenters. The first kappa shape index (κ1) is 18.2. The fourth-order valence-corrected chi connectivity index (χ4v) is 3.08. The molecule has 3 rings (SSSR count). The first-order chi connectivity index (χ1) is 12.5. The van der Waals surface area contributed by atoms with Crippen LogP contribution in [0.2, 0.25) is 5.02 Å². The van der Waals surface area contributed by atoms with E-state index in [0.717, 1.165) is 22.2 Å². The van der Waals surface area contributed by atoms with Gasteiger partial charge >= 0.3 is 5.97 Å². The summed E-state index contributed by atoms with van der Waals surface area (Å²) in [6.45, 7) is 1.24. The summed E-state index contributed by atoms with van der Waals surface area (Å²) in [6.07, 6.45) is 1.75. The zero-order valence-corrected chi connectivity index (χ0v) is 15.7. The number of aromatic nitrogens is 2. The van der Waals surface area contributed by atoms with Crippen molar-refractivity contribution in [2.45, 2.75) is 13.2 Å². The predicted molar refractivity (Wildman–Crippen MR) is 101 cm³/mol. The molecule has 136 valence electrons. The van der Waals surface area contributed by atoms with Crippen LogP contribution in [0.4, 0.5) is 0 Å². The Labute approximate surface area is 156 Å². The number of rotatable bonds is 6. The van der Waals surface area contributed by atoms with Gasteiger partial charge in [-0.1, -0.05) is 11.6 Å². The number of hydrogen-bond acceptors (Lipinski definition) is 5. The van der Waals surface area contributed by atoms with Crippen molar-refractivity contribution in [2.75, 3.05) is 21.3 Å². The van der Waals surface area contributed by atoms with Gasteiger partial charge in [0.2, 0.25) is 0 Å². The van der Waals surface area contributed by atoms with Gasteiger partial charge in [-0.15, -0.1) is 0 Å². The molecule has 0 fully saturated rings. The van der Waals surface area contributed by atoms with E-state index in [2.05, 4.69) is 10.00 Å². The third-order valence-electron chi connectivity index (χ3n) is 4.12. The van der Waals surface area contributed by atoms with Crippen molar-refractivity contribution in [1.82, 2.24) is 14.7 Å². The second-order valence-electron chi connectivity index (χ2n) is 6.02. The molecule has 26 heavy (non-hydrogen) atoms. The van der Waals surface area contributed by atoms with Crippen LogP contribution in [0.1, 0.15) is 15.9 Å². The molecule has 1 aromatic heterocycles. The molecular formula is C19H20ClN3O3. The van der Waals surface area contributed by atoms with Crippen molar-refractivity contribution in [3.8, 4) is 5.75 Å². The Balaban J connectivity index is 1.78. The minimum absolute atomic E-state index is 0.357. The number of carbonyl (C=O) groups excluding carboxylic acids is 1. The summed E-state index contributed by atoms with van der Waals surface area (Å²) < 4.78 is 12.0. The molecule has 1 heterocycles. The van der Waals surface area contributed by atoms with Crippen molar-refractivity contribution >= 4 is 28.5 Å². The molecular weight excluding hydrogens is 354 g/mol.